The van der Waals surface area contributed by atoms with Gasteiger partial charge in [0, 0.05) is 51.5 Å². The van der Waals surface area contributed by atoms with E-state index in [1.54, 1.807) is 35.7 Å². The van der Waals surface area contributed by atoms with Crippen LogP contribution >= 0.6 is 11.3 Å². The Morgan fingerprint density at radius 2 is 2.12 bits per heavy atom. The normalized spacial score (nSPS) is 23.1. The van der Waals surface area contributed by atoms with Crippen molar-refractivity contribution in [1.82, 2.24) is 24.0 Å². The summed E-state index contributed by atoms with van der Waals surface area (Å²) < 4.78 is 29.1. The van der Waals surface area contributed by atoms with E-state index in [4.69, 9.17) is 0 Å². The van der Waals surface area contributed by atoms with Gasteiger partial charge in [-0.2, -0.15) is 4.31 Å². The molecule has 25 heavy (non-hydrogen) atoms. The summed E-state index contributed by atoms with van der Waals surface area (Å²) >= 11 is 1.22. The fourth-order valence-corrected chi connectivity index (χ4v) is 6.63. The molecule has 0 radical (unpaired) electrons. The number of aromatic nitrogens is 3. The molecule has 1 amide bonds. The number of hydrogen-bond donors (Lipinski definition) is 0. The van der Waals surface area contributed by atoms with Gasteiger partial charge >= 0.3 is 0 Å². The number of amides is 1. The molecule has 0 N–H and O–H groups in total. The van der Waals surface area contributed by atoms with Gasteiger partial charge in [0.2, 0.25) is 5.91 Å². The summed E-state index contributed by atoms with van der Waals surface area (Å²) in [6.45, 7) is 3.44. The second-order valence-corrected chi connectivity index (χ2v) is 9.93. The molecule has 0 aliphatic carbocycles. The highest BCUT2D eigenvalue weighted by atomic mass is 32.2. The van der Waals surface area contributed by atoms with Crippen LogP contribution in [-0.2, 0) is 21.9 Å². The van der Waals surface area contributed by atoms with Crippen molar-refractivity contribution in [2.24, 2.45) is 12.5 Å². The molecule has 2 aromatic heterocycles. The van der Waals surface area contributed by atoms with Crippen LogP contribution in [0.2, 0.25) is 0 Å². The van der Waals surface area contributed by atoms with Gasteiger partial charge in [0.25, 0.3) is 10.0 Å². The van der Waals surface area contributed by atoms with E-state index in [1.807, 2.05) is 11.6 Å². The third kappa shape index (κ3) is 2.51. The Kier molecular flexibility index (Phi) is 3.74. The zero-order valence-electron chi connectivity index (χ0n) is 14.0. The number of aryl methyl sites for hydroxylation is 1. The number of hydrogen-bond acceptors (Lipinski definition) is 6. The minimum absolute atomic E-state index is 0.00334. The molecule has 0 saturated carbocycles. The van der Waals surface area contributed by atoms with Crippen LogP contribution in [0, 0.1) is 5.41 Å². The number of sulfonamides is 1. The van der Waals surface area contributed by atoms with Crippen LogP contribution in [0.4, 0.5) is 0 Å². The van der Waals surface area contributed by atoms with E-state index in [2.05, 4.69) is 10.2 Å². The molecule has 10 heteroatoms. The third-order valence-corrected chi connectivity index (χ3v) is 8.39. The standard InChI is InChI=1S/C15H19N5O3S2/c1-11(21)19-6-12(14-17-16-10-18(14)2)15(7-19)8-20(9-15)25(22,23)13-4-3-5-24-13/h3-5,10,12H,6-9H2,1-2H3. The molecule has 134 valence electrons. The molecule has 0 bridgehead atoms. The summed E-state index contributed by atoms with van der Waals surface area (Å²) in [6.07, 6.45) is 1.64. The van der Waals surface area contributed by atoms with E-state index in [-0.39, 0.29) is 17.2 Å². The van der Waals surface area contributed by atoms with Crippen molar-refractivity contribution in [3.8, 4) is 0 Å². The summed E-state index contributed by atoms with van der Waals surface area (Å²) in [5.41, 5.74) is -0.295. The molecule has 2 aliphatic heterocycles. The lowest BCUT2D eigenvalue weighted by molar-refractivity contribution is -0.128. The number of carbonyl (C=O) groups excluding carboxylic acids is 1. The highest BCUT2D eigenvalue weighted by molar-refractivity contribution is 7.91. The highest BCUT2D eigenvalue weighted by Crippen LogP contribution is 2.50. The number of thiophene rings is 1. The third-order valence-electron chi connectivity index (χ3n) is 5.22. The Morgan fingerprint density at radius 3 is 2.68 bits per heavy atom. The summed E-state index contributed by atoms with van der Waals surface area (Å²) in [5, 5.41) is 9.92. The SMILES string of the molecule is CC(=O)N1CC(c2nncn2C)C2(C1)CN(S(=O)(=O)c1cccs1)C2. The van der Waals surface area contributed by atoms with Gasteiger partial charge < -0.3 is 9.47 Å². The van der Waals surface area contributed by atoms with Gasteiger partial charge in [-0.3, -0.25) is 4.79 Å². The van der Waals surface area contributed by atoms with E-state index >= 15 is 0 Å². The lowest BCUT2D eigenvalue weighted by atomic mass is 9.72. The highest BCUT2D eigenvalue weighted by Gasteiger charge is 2.59. The Morgan fingerprint density at radius 1 is 1.36 bits per heavy atom. The van der Waals surface area contributed by atoms with Gasteiger partial charge in [0.1, 0.15) is 16.4 Å². The predicted molar refractivity (Wildman–Crippen MR) is 91.5 cm³/mol. The van der Waals surface area contributed by atoms with Gasteiger partial charge in [-0.1, -0.05) is 6.07 Å². The number of rotatable bonds is 3. The molecule has 2 saturated heterocycles. The molecule has 1 unspecified atom stereocenters. The van der Waals surface area contributed by atoms with Crippen molar-refractivity contribution in [3.63, 3.8) is 0 Å². The molecular weight excluding hydrogens is 362 g/mol. The van der Waals surface area contributed by atoms with Crippen molar-refractivity contribution in [2.75, 3.05) is 26.2 Å². The van der Waals surface area contributed by atoms with Crippen LogP contribution in [0.5, 0.6) is 0 Å². The molecular formula is C15H19N5O3S2. The fraction of sp³-hybridized carbons (Fsp3) is 0.533. The lowest BCUT2D eigenvalue weighted by Gasteiger charge is -2.49. The van der Waals surface area contributed by atoms with Crippen molar-refractivity contribution in [2.45, 2.75) is 17.1 Å². The number of carbonyl (C=O) groups is 1. The fourth-order valence-electron chi connectivity index (χ4n) is 3.86. The van der Waals surface area contributed by atoms with Gasteiger partial charge in [0.05, 0.1) is 0 Å². The molecule has 4 rings (SSSR count). The average Bonchev–Trinajstić information content (AvgIpc) is 3.24. The number of nitrogens with zero attached hydrogens (tertiary/aromatic N) is 5. The Balaban J connectivity index is 1.62. The van der Waals surface area contributed by atoms with Crippen LogP contribution in [0.1, 0.15) is 18.7 Å². The van der Waals surface area contributed by atoms with E-state index in [0.29, 0.717) is 30.4 Å². The lowest BCUT2D eigenvalue weighted by Crippen LogP contribution is -2.61. The summed E-state index contributed by atoms with van der Waals surface area (Å²) in [4.78, 5) is 13.7. The first-order valence-corrected chi connectivity index (χ1v) is 10.3. The second-order valence-electron chi connectivity index (χ2n) is 6.82. The minimum atomic E-state index is -3.46. The Labute approximate surface area is 150 Å². The second kappa shape index (κ2) is 5.61. The first-order chi connectivity index (χ1) is 11.8. The van der Waals surface area contributed by atoms with E-state index in [1.165, 1.54) is 15.6 Å². The maximum Gasteiger partial charge on any atom is 0.252 e. The molecule has 1 spiro atoms. The van der Waals surface area contributed by atoms with E-state index in [0.717, 1.165) is 5.82 Å². The minimum Gasteiger partial charge on any atom is -0.341 e. The van der Waals surface area contributed by atoms with Gasteiger partial charge in [-0.05, 0) is 11.4 Å². The van der Waals surface area contributed by atoms with Gasteiger partial charge in [-0.25, -0.2) is 8.42 Å². The smallest absolute Gasteiger partial charge is 0.252 e. The molecule has 4 heterocycles. The first-order valence-electron chi connectivity index (χ1n) is 7.96. The maximum atomic E-state index is 12.7. The van der Waals surface area contributed by atoms with Crippen LogP contribution in [0.15, 0.2) is 28.0 Å². The van der Waals surface area contributed by atoms with Gasteiger partial charge in [0.15, 0.2) is 0 Å². The zero-order chi connectivity index (χ0) is 17.8. The summed E-state index contributed by atoms with van der Waals surface area (Å²) in [7, 11) is -1.58. The van der Waals surface area contributed by atoms with Crippen LogP contribution in [0.25, 0.3) is 0 Å². The van der Waals surface area contributed by atoms with Crippen molar-refractivity contribution >= 4 is 27.3 Å². The monoisotopic (exact) mass is 381 g/mol. The van der Waals surface area contributed by atoms with Crippen LogP contribution in [0.3, 0.4) is 0 Å². The van der Waals surface area contributed by atoms with Crippen molar-refractivity contribution in [1.29, 1.82) is 0 Å². The van der Waals surface area contributed by atoms with E-state index in [9.17, 15) is 13.2 Å². The number of likely N-dealkylation sites (tertiary alicyclic amines) is 1. The quantitative estimate of drug-likeness (QED) is 0.773. The molecule has 1 atom stereocenters. The first kappa shape index (κ1) is 16.7. The summed E-state index contributed by atoms with van der Waals surface area (Å²) in [5.74, 6) is 0.791. The van der Waals surface area contributed by atoms with E-state index < -0.39 is 10.0 Å². The molecule has 2 aliphatic rings. The zero-order valence-corrected chi connectivity index (χ0v) is 15.6. The maximum absolute atomic E-state index is 12.7. The van der Waals surface area contributed by atoms with Crippen molar-refractivity contribution < 1.29 is 13.2 Å². The molecule has 2 fully saturated rings. The van der Waals surface area contributed by atoms with Crippen molar-refractivity contribution in [3.05, 3.63) is 29.7 Å². The molecule has 8 nitrogen and oxygen atoms in total. The predicted octanol–water partition coefficient (Wildman–Crippen LogP) is 0.513. The Bertz CT molecular complexity index is 900. The Hall–Kier alpha value is -1.78. The van der Waals surface area contributed by atoms with Crippen LogP contribution < -0.4 is 0 Å². The van der Waals surface area contributed by atoms with Crippen LogP contribution in [-0.4, -0.2) is 64.5 Å². The average molecular weight is 381 g/mol. The topological polar surface area (TPSA) is 88.4 Å². The van der Waals surface area contributed by atoms with Gasteiger partial charge in [-0.15, -0.1) is 21.5 Å². The summed E-state index contributed by atoms with van der Waals surface area (Å²) in [6, 6.07) is 3.37. The largest absolute Gasteiger partial charge is 0.341 e. The molecule has 2 aromatic rings. The molecule has 0 aromatic carbocycles.